The lowest BCUT2D eigenvalue weighted by Gasteiger charge is -2.19. The fraction of sp³-hybridized carbons (Fsp3) is 0.222. The normalized spacial score (nSPS) is 14.4. The predicted octanol–water partition coefficient (Wildman–Crippen LogP) is 4.11. The summed E-state index contributed by atoms with van der Waals surface area (Å²) < 4.78 is 13.4. The lowest BCUT2D eigenvalue weighted by molar-refractivity contribution is 0.628. The van der Waals surface area contributed by atoms with Gasteiger partial charge < -0.3 is 10.2 Å². The molecule has 0 unspecified atom stereocenters. The summed E-state index contributed by atoms with van der Waals surface area (Å²) in [5.41, 5.74) is 1.54. The first-order chi connectivity index (χ1) is 11.3. The van der Waals surface area contributed by atoms with Crippen molar-refractivity contribution in [3.63, 3.8) is 0 Å². The van der Waals surface area contributed by atoms with Crippen molar-refractivity contribution in [2.24, 2.45) is 0 Å². The van der Waals surface area contributed by atoms with E-state index < -0.39 is 0 Å². The van der Waals surface area contributed by atoms with E-state index in [2.05, 4.69) is 26.3 Å². The molecule has 0 spiro atoms. The molecule has 2 heterocycles. The van der Waals surface area contributed by atoms with E-state index in [-0.39, 0.29) is 5.82 Å². The maximum Gasteiger partial charge on any atom is 0.229 e. The van der Waals surface area contributed by atoms with Gasteiger partial charge in [0, 0.05) is 24.2 Å². The Labute approximate surface area is 134 Å². The highest BCUT2D eigenvalue weighted by molar-refractivity contribution is 5.90. The number of aromatic nitrogens is 2. The van der Waals surface area contributed by atoms with Crippen molar-refractivity contribution in [1.82, 2.24) is 9.97 Å². The summed E-state index contributed by atoms with van der Waals surface area (Å²) in [6, 6.07) is 14.3. The molecule has 0 aliphatic carbocycles. The highest BCUT2D eigenvalue weighted by Crippen LogP contribution is 2.28. The third-order valence-corrected chi connectivity index (χ3v) is 4.07. The number of rotatable bonds is 3. The molecule has 116 valence electrons. The zero-order chi connectivity index (χ0) is 15.6. The number of anilines is 3. The Kier molecular flexibility index (Phi) is 3.54. The van der Waals surface area contributed by atoms with E-state index in [1.54, 1.807) is 12.1 Å². The Morgan fingerprint density at radius 2 is 1.78 bits per heavy atom. The largest absolute Gasteiger partial charge is 0.356 e. The van der Waals surface area contributed by atoms with Crippen molar-refractivity contribution >= 4 is 28.4 Å². The van der Waals surface area contributed by atoms with E-state index in [1.165, 1.54) is 25.0 Å². The Balaban J connectivity index is 1.77. The molecule has 5 heteroatoms. The minimum absolute atomic E-state index is 0.282. The van der Waals surface area contributed by atoms with Crippen LogP contribution >= 0.6 is 0 Å². The van der Waals surface area contributed by atoms with Gasteiger partial charge in [0.25, 0.3) is 0 Å². The number of benzene rings is 2. The molecule has 4 nitrogen and oxygen atoms in total. The second-order valence-corrected chi connectivity index (χ2v) is 5.72. The first kappa shape index (κ1) is 13.9. The molecular weight excluding hydrogens is 291 g/mol. The van der Waals surface area contributed by atoms with Gasteiger partial charge in [-0.1, -0.05) is 18.2 Å². The number of hydrogen-bond acceptors (Lipinski definition) is 4. The van der Waals surface area contributed by atoms with Crippen LogP contribution in [0.25, 0.3) is 10.9 Å². The van der Waals surface area contributed by atoms with Crippen LogP contribution in [0.5, 0.6) is 0 Å². The summed E-state index contributed by atoms with van der Waals surface area (Å²) in [6.07, 6.45) is 2.37. The first-order valence-corrected chi connectivity index (χ1v) is 7.84. The van der Waals surface area contributed by atoms with Crippen LogP contribution in [0.1, 0.15) is 12.8 Å². The zero-order valence-electron chi connectivity index (χ0n) is 12.7. The van der Waals surface area contributed by atoms with Crippen LogP contribution < -0.4 is 10.2 Å². The van der Waals surface area contributed by atoms with Gasteiger partial charge in [0.05, 0.1) is 5.52 Å². The van der Waals surface area contributed by atoms with Gasteiger partial charge >= 0.3 is 0 Å². The number of fused-ring (bicyclic) bond motifs is 1. The fourth-order valence-corrected chi connectivity index (χ4v) is 2.98. The second kappa shape index (κ2) is 5.83. The number of para-hydroxylation sites is 1. The van der Waals surface area contributed by atoms with Crippen molar-refractivity contribution in [2.45, 2.75) is 12.8 Å². The fourth-order valence-electron chi connectivity index (χ4n) is 2.98. The topological polar surface area (TPSA) is 41.1 Å². The monoisotopic (exact) mass is 308 g/mol. The molecular formula is C18H17FN4. The summed E-state index contributed by atoms with van der Waals surface area (Å²) in [4.78, 5) is 11.5. The molecule has 3 aromatic rings. The average Bonchev–Trinajstić information content (AvgIpc) is 3.08. The van der Waals surface area contributed by atoms with Crippen LogP contribution in [0.2, 0.25) is 0 Å². The summed E-state index contributed by atoms with van der Waals surface area (Å²) in [7, 11) is 0. The Morgan fingerprint density at radius 3 is 2.61 bits per heavy atom. The minimum atomic E-state index is -0.282. The summed E-state index contributed by atoms with van der Waals surface area (Å²) >= 11 is 0. The van der Waals surface area contributed by atoms with E-state index in [1.807, 2.05) is 18.2 Å². The lowest BCUT2D eigenvalue weighted by Crippen LogP contribution is -2.20. The Hall–Kier alpha value is -2.69. The number of nitrogens with zero attached hydrogens (tertiary/aromatic N) is 3. The van der Waals surface area contributed by atoms with Gasteiger partial charge in [0.2, 0.25) is 5.95 Å². The molecule has 2 aromatic carbocycles. The van der Waals surface area contributed by atoms with Crippen LogP contribution in [0, 0.1) is 5.82 Å². The molecule has 0 saturated carbocycles. The molecule has 0 amide bonds. The summed E-state index contributed by atoms with van der Waals surface area (Å²) in [5, 5.41) is 4.17. The molecule has 1 saturated heterocycles. The van der Waals surface area contributed by atoms with E-state index in [0.717, 1.165) is 29.8 Å². The molecule has 0 radical (unpaired) electrons. The molecule has 1 aliphatic rings. The molecule has 1 fully saturated rings. The Bertz CT molecular complexity index is 843. The number of nitrogens with one attached hydrogen (secondary N) is 1. The van der Waals surface area contributed by atoms with Gasteiger partial charge in [-0.25, -0.2) is 9.37 Å². The second-order valence-electron chi connectivity index (χ2n) is 5.72. The summed E-state index contributed by atoms with van der Waals surface area (Å²) in [6.45, 7) is 2.03. The maximum atomic E-state index is 13.4. The van der Waals surface area contributed by atoms with Crippen LogP contribution in [-0.2, 0) is 0 Å². The van der Waals surface area contributed by atoms with Crippen molar-refractivity contribution in [3.05, 3.63) is 54.3 Å². The lowest BCUT2D eigenvalue weighted by atomic mass is 10.2. The van der Waals surface area contributed by atoms with Crippen molar-refractivity contribution in [1.29, 1.82) is 0 Å². The van der Waals surface area contributed by atoms with Crippen molar-refractivity contribution < 1.29 is 4.39 Å². The molecule has 1 aliphatic heterocycles. The van der Waals surface area contributed by atoms with Crippen molar-refractivity contribution in [2.75, 3.05) is 23.3 Å². The minimum Gasteiger partial charge on any atom is -0.356 e. The van der Waals surface area contributed by atoms with Crippen LogP contribution in [0.4, 0.5) is 21.8 Å². The first-order valence-electron chi connectivity index (χ1n) is 7.84. The standard InChI is InChI=1S/C18H17FN4/c19-13-6-5-7-14(12-13)20-18-21-16-9-2-1-8-15(16)17(22-18)23-10-3-4-11-23/h1-2,5-9,12H,3-4,10-11H2,(H,20,21,22). The average molecular weight is 308 g/mol. The molecule has 1 aromatic heterocycles. The highest BCUT2D eigenvalue weighted by atomic mass is 19.1. The van der Waals surface area contributed by atoms with Gasteiger partial charge in [-0.15, -0.1) is 0 Å². The molecule has 4 rings (SSSR count). The number of halogens is 1. The number of hydrogen-bond donors (Lipinski definition) is 1. The van der Waals surface area contributed by atoms with Crippen LogP contribution in [0.15, 0.2) is 48.5 Å². The van der Waals surface area contributed by atoms with Gasteiger partial charge in [-0.05, 0) is 43.2 Å². The highest BCUT2D eigenvalue weighted by Gasteiger charge is 2.18. The zero-order valence-corrected chi connectivity index (χ0v) is 12.7. The van der Waals surface area contributed by atoms with Crippen molar-refractivity contribution in [3.8, 4) is 0 Å². The molecule has 0 atom stereocenters. The maximum absolute atomic E-state index is 13.4. The third-order valence-electron chi connectivity index (χ3n) is 4.07. The summed E-state index contributed by atoms with van der Waals surface area (Å²) in [5.74, 6) is 1.17. The smallest absolute Gasteiger partial charge is 0.229 e. The van der Waals surface area contributed by atoms with E-state index in [9.17, 15) is 4.39 Å². The quantitative estimate of drug-likeness (QED) is 0.790. The van der Waals surface area contributed by atoms with Crippen LogP contribution in [0.3, 0.4) is 0 Å². The third kappa shape index (κ3) is 2.82. The molecule has 23 heavy (non-hydrogen) atoms. The predicted molar refractivity (Wildman–Crippen MR) is 90.7 cm³/mol. The Morgan fingerprint density at radius 1 is 0.957 bits per heavy atom. The van der Waals surface area contributed by atoms with Gasteiger partial charge in [0.15, 0.2) is 0 Å². The molecule has 0 bridgehead atoms. The molecule has 1 N–H and O–H groups in total. The van der Waals surface area contributed by atoms with Crippen LogP contribution in [-0.4, -0.2) is 23.1 Å². The van der Waals surface area contributed by atoms with E-state index in [0.29, 0.717) is 11.6 Å². The van der Waals surface area contributed by atoms with Gasteiger partial charge in [-0.2, -0.15) is 4.98 Å². The SMILES string of the molecule is Fc1cccc(Nc2nc(N3CCCC3)c3ccccc3n2)c1. The van der Waals surface area contributed by atoms with E-state index >= 15 is 0 Å². The van der Waals surface area contributed by atoms with Gasteiger partial charge in [0.1, 0.15) is 11.6 Å². The van der Waals surface area contributed by atoms with E-state index in [4.69, 9.17) is 0 Å². The van der Waals surface area contributed by atoms with Gasteiger partial charge in [-0.3, -0.25) is 0 Å².